The van der Waals surface area contributed by atoms with E-state index in [-0.39, 0.29) is 0 Å². The molecule has 4 heteroatoms. The number of hydrogen-bond acceptors (Lipinski definition) is 3. The van der Waals surface area contributed by atoms with E-state index in [1.807, 2.05) is 0 Å². The fourth-order valence-electron chi connectivity index (χ4n) is 2.88. The predicted octanol–water partition coefficient (Wildman–Crippen LogP) is 2.46. The van der Waals surface area contributed by atoms with Crippen molar-refractivity contribution >= 4 is 9.39 Å². The second-order valence-corrected chi connectivity index (χ2v) is 6.32. The number of hydrogen-bond donors (Lipinski definition) is 0. The second kappa shape index (κ2) is 6.47. The molecule has 3 atom stereocenters. The number of nitrogens with zero attached hydrogens (tertiary/aromatic N) is 1. The zero-order chi connectivity index (χ0) is 12.3. The van der Waals surface area contributed by atoms with Crippen LogP contribution in [0.1, 0.15) is 39.0 Å². The lowest BCUT2D eigenvalue weighted by molar-refractivity contribution is 0.00239. The molecule has 0 bridgehead atoms. The lowest BCUT2D eigenvalue weighted by Gasteiger charge is -2.28. The third-order valence-corrected chi connectivity index (χ3v) is 4.87. The van der Waals surface area contributed by atoms with Crippen LogP contribution in [0.5, 0.6) is 0 Å². The average Bonchev–Trinajstić information content (AvgIpc) is 2.69. The van der Waals surface area contributed by atoms with Gasteiger partial charge in [-0.1, -0.05) is 16.3 Å². The third kappa shape index (κ3) is 3.89. The molecule has 2 aliphatic rings. The minimum absolute atomic E-state index is 0.382. The molecule has 0 aromatic heterocycles. The SMILES string of the molecule is CO[C@@H]1C[C@@H](CO[C@H]2CC[C@H](C)CC2)N(P)C1. The summed E-state index contributed by atoms with van der Waals surface area (Å²) in [5.74, 6) is 0.900. The summed E-state index contributed by atoms with van der Waals surface area (Å²) in [6.07, 6.45) is 7.15. The molecule has 1 unspecified atom stereocenters. The van der Waals surface area contributed by atoms with Crippen molar-refractivity contribution < 1.29 is 9.47 Å². The molecule has 0 radical (unpaired) electrons. The number of ether oxygens (including phenoxy) is 2. The monoisotopic (exact) mass is 259 g/mol. The average molecular weight is 259 g/mol. The fraction of sp³-hybridized carbons (Fsp3) is 1.00. The van der Waals surface area contributed by atoms with Gasteiger partial charge in [-0.2, -0.15) is 0 Å². The molecule has 1 aliphatic carbocycles. The largest absolute Gasteiger partial charge is 0.380 e. The Hall–Kier alpha value is 0.310. The Kier molecular flexibility index (Phi) is 5.23. The highest BCUT2D eigenvalue weighted by molar-refractivity contribution is 7.13. The summed E-state index contributed by atoms with van der Waals surface area (Å²) < 4.78 is 13.8. The van der Waals surface area contributed by atoms with Gasteiger partial charge in [0.25, 0.3) is 0 Å². The van der Waals surface area contributed by atoms with Gasteiger partial charge in [-0.05, 0) is 38.0 Å². The molecular formula is C13H26NO2P. The standard InChI is InChI=1S/C13H26NO2P/c1-10-3-5-12(6-4-10)16-9-11-7-13(15-2)8-14(11)17/h10-13H,3-9,17H2,1-2H3/t10-,11-,12-,13+/m0/s1. The topological polar surface area (TPSA) is 21.7 Å². The Morgan fingerprint density at radius 2 is 1.88 bits per heavy atom. The summed E-state index contributed by atoms with van der Waals surface area (Å²) in [7, 11) is 4.61. The van der Waals surface area contributed by atoms with Crippen LogP contribution in [0.25, 0.3) is 0 Å². The Labute approximate surface area is 107 Å². The highest BCUT2D eigenvalue weighted by Crippen LogP contribution is 2.28. The van der Waals surface area contributed by atoms with Crippen LogP contribution < -0.4 is 0 Å². The summed E-state index contributed by atoms with van der Waals surface area (Å²) in [5, 5.41) is 0. The van der Waals surface area contributed by atoms with Crippen LogP contribution in [0.2, 0.25) is 0 Å². The molecule has 1 saturated carbocycles. The van der Waals surface area contributed by atoms with E-state index in [0.29, 0.717) is 18.2 Å². The van der Waals surface area contributed by atoms with E-state index in [1.165, 1.54) is 25.7 Å². The van der Waals surface area contributed by atoms with Crippen molar-refractivity contribution in [2.24, 2.45) is 5.92 Å². The molecule has 3 nitrogen and oxygen atoms in total. The molecule has 2 rings (SSSR count). The first-order chi connectivity index (χ1) is 8.19. The van der Waals surface area contributed by atoms with Crippen molar-refractivity contribution in [1.82, 2.24) is 4.67 Å². The highest BCUT2D eigenvalue weighted by atomic mass is 31.0. The van der Waals surface area contributed by atoms with Crippen LogP contribution in [-0.2, 0) is 9.47 Å². The molecule has 100 valence electrons. The van der Waals surface area contributed by atoms with Crippen LogP contribution in [0.3, 0.4) is 0 Å². The molecule has 1 saturated heterocycles. The van der Waals surface area contributed by atoms with Crippen LogP contribution in [0.4, 0.5) is 0 Å². The first-order valence-corrected chi connectivity index (χ1v) is 7.36. The zero-order valence-electron chi connectivity index (χ0n) is 11.1. The number of methoxy groups -OCH3 is 1. The quantitative estimate of drug-likeness (QED) is 0.724. The maximum atomic E-state index is 6.07. The van der Waals surface area contributed by atoms with Gasteiger partial charge in [0.2, 0.25) is 0 Å². The van der Waals surface area contributed by atoms with Crippen LogP contribution >= 0.6 is 9.39 Å². The van der Waals surface area contributed by atoms with E-state index < -0.39 is 0 Å². The Balaban J connectivity index is 1.68. The van der Waals surface area contributed by atoms with E-state index in [0.717, 1.165) is 25.5 Å². The van der Waals surface area contributed by atoms with Gasteiger partial charge in [-0.25, -0.2) is 0 Å². The van der Waals surface area contributed by atoms with E-state index in [1.54, 1.807) is 7.11 Å². The minimum atomic E-state index is 0.382. The molecule has 0 amide bonds. The van der Waals surface area contributed by atoms with Crippen molar-refractivity contribution in [1.29, 1.82) is 0 Å². The zero-order valence-corrected chi connectivity index (χ0v) is 12.3. The first-order valence-electron chi connectivity index (χ1n) is 6.84. The Morgan fingerprint density at radius 3 is 2.47 bits per heavy atom. The van der Waals surface area contributed by atoms with Crippen molar-refractivity contribution in [3.05, 3.63) is 0 Å². The van der Waals surface area contributed by atoms with E-state index in [2.05, 4.69) is 21.0 Å². The number of rotatable bonds is 4. The summed E-state index contributed by atoms with van der Waals surface area (Å²) in [4.78, 5) is 0. The van der Waals surface area contributed by atoms with E-state index in [4.69, 9.17) is 9.47 Å². The summed E-state index contributed by atoms with van der Waals surface area (Å²) >= 11 is 0. The molecular weight excluding hydrogens is 233 g/mol. The second-order valence-electron chi connectivity index (χ2n) is 5.66. The smallest absolute Gasteiger partial charge is 0.0717 e. The molecule has 0 aromatic rings. The van der Waals surface area contributed by atoms with Crippen molar-refractivity contribution in [2.45, 2.75) is 57.3 Å². The first kappa shape index (κ1) is 13.7. The molecule has 0 aromatic carbocycles. The Bertz CT molecular complexity index is 231. The summed E-state index contributed by atoms with van der Waals surface area (Å²) in [6, 6.07) is 0.518. The summed E-state index contributed by atoms with van der Waals surface area (Å²) in [5.41, 5.74) is 0. The van der Waals surface area contributed by atoms with Crippen molar-refractivity contribution in [3.8, 4) is 0 Å². The molecule has 0 spiro atoms. The van der Waals surface area contributed by atoms with Gasteiger partial charge in [0.15, 0.2) is 0 Å². The molecule has 1 aliphatic heterocycles. The Morgan fingerprint density at radius 1 is 1.18 bits per heavy atom. The molecule has 17 heavy (non-hydrogen) atoms. The lowest BCUT2D eigenvalue weighted by atomic mass is 9.89. The highest BCUT2D eigenvalue weighted by Gasteiger charge is 2.30. The fourth-order valence-corrected chi connectivity index (χ4v) is 3.32. The van der Waals surface area contributed by atoms with Gasteiger partial charge < -0.3 is 9.47 Å². The van der Waals surface area contributed by atoms with Crippen LogP contribution in [0.15, 0.2) is 0 Å². The molecule has 1 heterocycles. The van der Waals surface area contributed by atoms with Gasteiger partial charge in [-0.15, -0.1) is 0 Å². The lowest BCUT2D eigenvalue weighted by Crippen LogP contribution is -2.29. The molecule has 2 fully saturated rings. The van der Waals surface area contributed by atoms with Crippen LogP contribution in [-0.4, -0.2) is 43.2 Å². The van der Waals surface area contributed by atoms with Gasteiger partial charge in [0.05, 0.1) is 18.8 Å². The van der Waals surface area contributed by atoms with Crippen LogP contribution in [0, 0.1) is 5.92 Å². The maximum Gasteiger partial charge on any atom is 0.0717 e. The molecule has 0 N–H and O–H groups in total. The third-order valence-electron chi connectivity index (χ3n) is 4.24. The van der Waals surface area contributed by atoms with Crippen molar-refractivity contribution in [3.63, 3.8) is 0 Å². The van der Waals surface area contributed by atoms with E-state index in [9.17, 15) is 0 Å². The predicted molar refractivity (Wildman–Crippen MR) is 73.0 cm³/mol. The minimum Gasteiger partial charge on any atom is -0.380 e. The normalized spacial score (nSPS) is 39.7. The van der Waals surface area contributed by atoms with Gasteiger partial charge in [0, 0.05) is 19.7 Å². The maximum absolute atomic E-state index is 6.07. The van der Waals surface area contributed by atoms with E-state index >= 15 is 0 Å². The van der Waals surface area contributed by atoms with Gasteiger partial charge in [-0.3, -0.25) is 4.67 Å². The van der Waals surface area contributed by atoms with Gasteiger partial charge in [0.1, 0.15) is 0 Å². The van der Waals surface area contributed by atoms with Gasteiger partial charge >= 0.3 is 0 Å². The summed E-state index contributed by atoms with van der Waals surface area (Å²) in [6.45, 7) is 4.22. The van der Waals surface area contributed by atoms with Crippen molar-refractivity contribution in [2.75, 3.05) is 20.3 Å².